The summed E-state index contributed by atoms with van der Waals surface area (Å²) in [7, 11) is 0. The van der Waals surface area contributed by atoms with Crippen molar-refractivity contribution in [3.05, 3.63) is 29.6 Å². The van der Waals surface area contributed by atoms with Crippen molar-refractivity contribution in [2.24, 2.45) is 0 Å². The van der Waals surface area contributed by atoms with Crippen molar-refractivity contribution in [2.45, 2.75) is 36.9 Å². The van der Waals surface area contributed by atoms with Crippen molar-refractivity contribution in [2.75, 3.05) is 12.4 Å². The molecule has 17 heavy (non-hydrogen) atoms. The summed E-state index contributed by atoms with van der Waals surface area (Å²) >= 11 is 1.56. The van der Waals surface area contributed by atoms with Gasteiger partial charge in [-0.1, -0.05) is 6.07 Å². The van der Waals surface area contributed by atoms with E-state index in [1.54, 1.807) is 24.8 Å². The summed E-state index contributed by atoms with van der Waals surface area (Å²) in [5, 5.41) is 9.59. The third kappa shape index (κ3) is 3.21. The maximum atomic E-state index is 13.6. The van der Waals surface area contributed by atoms with Gasteiger partial charge in [0.1, 0.15) is 5.82 Å². The molecule has 2 rings (SSSR count). The molecule has 2 nitrogen and oxygen atoms in total. The fourth-order valence-electron chi connectivity index (χ4n) is 2.01. The Hall–Kier alpha value is -0.580. The van der Waals surface area contributed by atoms with Crippen LogP contribution in [0.4, 0.5) is 4.39 Å². The lowest BCUT2D eigenvalue weighted by atomic mass is 10.1. The first-order valence-electron chi connectivity index (χ1n) is 5.89. The molecule has 1 fully saturated rings. The molecular formula is C13H17FO2S. The van der Waals surface area contributed by atoms with E-state index in [0.29, 0.717) is 5.56 Å². The van der Waals surface area contributed by atoms with Gasteiger partial charge in [0.05, 0.1) is 12.2 Å². The average molecular weight is 256 g/mol. The lowest BCUT2D eigenvalue weighted by molar-refractivity contribution is 0.129. The van der Waals surface area contributed by atoms with Gasteiger partial charge in [-0.2, -0.15) is 0 Å². The molecular weight excluding hydrogens is 239 g/mol. The third-order valence-electron chi connectivity index (χ3n) is 2.88. The Labute approximate surface area is 105 Å². The molecule has 1 N–H and O–H groups in total. The van der Waals surface area contributed by atoms with Crippen LogP contribution in [0, 0.1) is 5.82 Å². The maximum Gasteiger partial charge on any atom is 0.130 e. The molecule has 0 saturated carbocycles. The van der Waals surface area contributed by atoms with Crippen molar-refractivity contribution in [1.29, 1.82) is 0 Å². The molecule has 1 aromatic carbocycles. The molecule has 1 saturated heterocycles. The summed E-state index contributed by atoms with van der Waals surface area (Å²) in [6.45, 7) is 2.42. The number of benzene rings is 1. The molecule has 1 heterocycles. The molecule has 0 aromatic heterocycles. The van der Waals surface area contributed by atoms with E-state index in [0.717, 1.165) is 30.1 Å². The van der Waals surface area contributed by atoms with E-state index in [9.17, 15) is 9.50 Å². The fourth-order valence-corrected chi connectivity index (χ4v) is 3.23. The van der Waals surface area contributed by atoms with E-state index in [1.807, 2.05) is 6.07 Å². The highest BCUT2D eigenvalue weighted by Crippen LogP contribution is 2.31. The summed E-state index contributed by atoms with van der Waals surface area (Å²) in [4.78, 5) is 0.815. The summed E-state index contributed by atoms with van der Waals surface area (Å²) < 4.78 is 19.1. The summed E-state index contributed by atoms with van der Waals surface area (Å²) in [6, 6.07) is 4.92. The van der Waals surface area contributed by atoms with Crippen LogP contribution in [-0.2, 0) is 4.74 Å². The smallest absolute Gasteiger partial charge is 0.130 e. The molecule has 2 atom stereocenters. The summed E-state index contributed by atoms with van der Waals surface area (Å²) in [5.41, 5.74) is 0.399. The summed E-state index contributed by atoms with van der Waals surface area (Å²) in [6.07, 6.45) is 1.68. The number of rotatable bonds is 4. The molecule has 94 valence electrons. The lowest BCUT2D eigenvalue weighted by Crippen LogP contribution is -2.08. The predicted molar refractivity (Wildman–Crippen MR) is 66.7 cm³/mol. The molecule has 0 bridgehead atoms. The monoisotopic (exact) mass is 256 g/mol. The van der Waals surface area contributed by atoms with E-state index in [1.165, 1.54) is 6.07 Å². The Morgan fingerprint density at radius 2 is 2.41 bits per heavy atom. The minimum absolute atomic E-state index is 0.269. The second kappa shape index (κ2) is 5.85. The van der Waals surface area contributed by atoms with Crippen LogP contribution < -0.4 is 0 Å². The van der Waals surface area contributed by atoms with Crippen molar-refractivity contribution in [3.8, 4) is 0 Å². The number of thioether (sulfide) groups is 1. The SMILES string of the molecule is C[C@H](O)c1c(F)cccc1SCC1CCCO1. The second-order valence-electron chi connectivity index (χ2n) is 4.27. The van der Waals surface area contributed by atoms with Gasteiger partial charge in [0.25, 0.3) is 0 Å². The molecule has 0 spiro atoms. The molecule has 1 unspecified atom stereocenters. The molecule has 0 radical (unpaired) electrons. The Bertz CT molecular complexity index is 376. The maximum absolute atomic E-state index is 13.6. The van der Waals surface area contributed by atoms with Gasteiger partial charge in [-0.25, -0.2) is 4.39 Å². The number of hydrogen-bond donors (Lipinski definition) is 1. The highest BCUT2D eigenvalue weighted by molar-refractivity contribution is 7.99. The van der Waals surface area contributed by atoms with Crippen LogP contribution in [-0.4, -0.2) is 23.6 Å². The zero-order chi connectivity index (χ0) is 12.3. The van der Waals surface area contributed by atoms with Crippen LogP contribution in [0.1, 0.15) is 31.4 Å². The Morgan fingerprint density at radius 3 is 3.06 bits per heavy atom. The zero-order valence-corrected chi connectivity index (χ0v) is 10.7. The topological polar surface area (TPSA) is 29.5 Å². The molecule has 0 aliphatic carbocycles. The quantitative estimate of drug-likeness (QED) is 0.839. The van der Waals surface area contributed by atoms with Crippen LogP contribution in [0.5, 0.6) is 0 Å². The molecule has 1 aliphatic heterocycles. The van der Waals surface area contributed by atoms with Crippen molar-refractivity contribution in [1.82, 2.24) is 0 Å². The van der Waals surface area contributed by atoms with E-state index in [2.05, 4.69) is 0 Å². The third-order valence-corrected chi connectivity index (χ3v) is 4.08. The van der Waals surface area contributed by atoms with Crippen molar-refractivity contribution in [3.63, 3.8) is 0 Å². The minimum atomic E-state index is -0.775. The lowest BCUT2D eigenvalue weighted by Gasteiger charge is -2.14. The van der Waals surface area contributed by atoms with Crippen LogP contribution >= 0.6 is 11.8 Å². The Balaban J connectivity index is 2.06. The van der Waals surface area contributed by atoms with Crippen LogP contribution in [0.15, 0.2) is 23.1 Å². The van der Waals surface area contributed by atoms with Crippen molar-refractivity contribution >= 4 is 11.8 Å². The van der Waals surface area contributed by atoms with E-state index in [4.69, 9.17) is 4.74 Å². The zero-order valence-electron chi connectivity index (χ0n) is 9.86. The van der Waals surface area contributed by atoms with Gasteiger partial charge in [0, 0.05) is 22.8 Å². The Morgan fingerprint density at radius 1 is 1.59 bits per heavy atom. The van der Waals surface area contributed by atoms with E-state index in [-0.39, 0.29) is 11.9 Å². The van der Waals surface area contributed by atoms with Gasteiger partial charge in [-0.05, 0) is 31.9 Å². The second-order valence-corrected chi connectivity index (χ2v) is 5.34. The summed E-state index contributed by atoms with van der Waals surface area (Å²) in [5.74, 6) is 0.487. The van der Waals surface area contributed by atoms with Gasteiger partial charge in [-0.15, -0.1) is 11.8 Å². The number of aliphatic hydroxyl groups is 1. The number of aliphatic hydroxyl groups excluding tert-OH is 1. The van der Waals surface area contributed by atoms with Gasteiger partial charge < -0.3 is 9.84 Å². The van der Waals surface area contributed by atoms with Gasteiger partial charge in [0.15, 0.2) is 0 Å². The van der Waals surface area contributed by atoms with Gasteiger partial charge in [0.2, 0.25) is 0 Å². The highest BCUT2D eigenvalue weighted by Gasteiger charge is 2.18. The predicted octanol–water partition coefficient (Wildman–Crippen LogP) is 3.15. The highest BCUT2D eigenvalue weighted by atomic mass is 32.2. The Kier molecular flexibility index (Phi) is 4.42. The first kappa shape index (κ1) is 12.9. The largest absolute Gasteiger partial charge is 0.389 e. The average Bonchev–Trinajstić information content (AvgIpc) is 2.78. The van der Waals surface area contributed by atoms with Crippen LogP contribution in [0.25, 0.3) is 0 Å². The fraction of sp³-hybridized carbons (Fsp3) is 0.538. The first-order valence-corrected chi connectivity index (χ1v) is 6.88. The van der Waals surface area contributed by atoms with Crippen LogP contribution in [0.2, 0.25) is 0 Å². The number of halogens is 1. The standard InChI is InChI=1S/C13H17FO2S/c1-9(15)13-11(14)5-2-6-12(13)17-8-10-4-3-7-16-10/h2,5-6,9-10,15H,3-4,7-8H2,1H3/t9-,10?/m0/s1. The number of ether oxygens (including phenoxy) is 1. The molecule has 4 heteroatoms. The van der Waals surface area contributed by atoms with E-state index < -0.39 is 6.10 Å². The molecule has 1 aliphatic rings. The van der Waals surface area contributed by atoms with Crippen molar-refractivity contribution < 1.29 is 14.2 Å². The van der Waals surface area contributed by atoms with Crippen LogP contribution in [0.3, 0.4) is 0 Å². The van der Waals surface area contributed by atoms with E-state index >= 15 is 0 Å². The normalized spacial score (nSPS) is 21.7. The minimum Gasteiger partial charge on any atom is -0.389 e. The van der Waals surface area contributed by atoms with Gasteiger partial charge >= 0.3 is 0 Å². The molecule has 1 aromatic rings. The molecule has 0 amide bonds. The first-order chi connectivity index (χ1) is 8.18. The number of hydrogen-bond acceptors (Lipinski definition) is 3. The van der Waals surface area contributed by atoms with Gasteiger partial charge in [-0.3, -0.25) is 0 Å².